The third-order valence-corrected chi connectivity index (χ3v) is 5.54. The molecule has 4 rings (SSSR count). The lowest BCUT2D eigenvalue weighted by atomic mass is 9.95. The van der Waals surface area contributed by atoms with Crippen molar-refractivity contribution in [2.45, 2.75) is 19.8 Å². The first-order valence-corrected chi connectivity index (χ1v) is 10.3. The zero-order chi connectivity index (χ0) is 20.1. The molecule has 1 fully saturated rings. The van der Waals surface area contributed by atoms with Crippen LogP contribution in [0.1, 0.15) is 19.8 Å². The molecule has 5 nitrogen and oxygen atoms in total. The fraction of sp³-hybridized carbons (Fsp3) is 0.292. The molecule has 1 aliphatic heterocycles. The standard InChI is InChI=1S/C24H26N4O/c1-2-28(21-11-7-4-8-12-21)24(29)20-15-17-27(18-16-20)23-14-13-22(25-26-23)19-9-5-3-6-10-19/h3-14,20H,2,15-18H2,1H3. The molecule has 0 aliphatic carbocycles. The maximum absolute atomic E-state index is 13.1. The Morgan fingerprint density at radius 1 is 0.931 bits per heavy atom. The number of anilines is 2. The molecule has 2 aromatic carbocycles. The molecule has 3 aromatic rings. The molecule has 1 aliphatic rings. The summed E-state index contributed by atoms with van der Waals surface area (Å²) in [5, 5.41) is 8.82. The van der Waals surface area contributed by atoms with Crippen LogP contribution in [0.4, 0.5) is 11.5 Å². The predicted octanol–water partition coefficient (Wildman–Crippen LogP) is 4.41. The van der Waals surface area contributed by atoms with Crippen molar-refractivity contribution < 1.29 is 4.79 Å². The monoisotopic (exact) mass is 386 g/mol. The number of carbonyl (C=O) groups is 1. The quantitative estimate of drug-likeness (QED) is 0.652. The van der Waals surface area contributed by atoms with E-state index in [9.17, 15) is 4.79 Å². The van der Waals surface area contributed by atoms with Gasteiger partial charge in [0.1, 0.15) is 0 Å². The lowest BCUT2D eigenvalue weighted by molar-refractivity contribution is -0.122. The number of hydrogen-bond acceptors (Lipinski definition) is 4. The number of rotatable bonds is 5. The van der Waals surface area contributed by atoms with E-state index in [1.165, 1.54) is 0 Å². The van der Waals surface area contributed by atoms with Crippen LogP contribution in [-0.2, 0) is 4.79 Å². The number of nitrogens with zero attached hydrogens (tertiary/aromatic N) is 4. The molecular formula is C24H26N4O. The van der Waals surface area contributed by atoms with Gasteiger partial charge >= 0.3 is 0 Å². The van der Waals surface area contributed by atoms with Crippen molar-refractivity contribution in [3.63, 3.8) is 0 Å². The molecule has 0 unspecified atom stereocenters. The van der Waals surface area contributed by atoms with E-state index in [0.29, 0.717) is 6.54 Å². The Kier molecular flexibility index (Phi) is 5.84. The molecule has 5 heteroatoms. The minimum absolute atomic E-state index is 0.0583. The van der Waals surface area contributed by atoms with E-state index in [2.05, 4.69) is 15.1 Å². The highest BCUT2D eigenvalue weighted by Gasteiger charge is 2.29. The maximum Gasteiger partial charge on any atom is 0.230 e. The van der Waals surface area contributed by atoms with Crippen molar-refractivity contribution in [2.24, 2.45) is 5.92 Å². The van der Waals surface area contributed by atoms with Crippen LogP contribution < -0.4 is 9.80 Å². The summed E-state index contributed by atoms with van der Waals surface area (Å²) in [6.45, 7) is 4.36. The molecule has 0 saturated carbocycles. The first-order valence-electron chi connectivity index (χ1n) is 10.3. The van der Waals surface area contributed by atoms with Gasteiger partial charge in [-0.25, -0.2) is 0 Å². The molecule has 0 radical (unpaired) electrons. The van der Waals surface area contributed by atoms with Crippen LogP contribution in [0.15, 0.2) is 72.8 Å². The van der Waals surface area contributed by atoms with E-state index in [1.54, 1.807) is 0 Å². The van der Waals surface area contributed by atoms with Crippen molar-refractivity contribution >= 4 is 17.4 Å². The van der Waals surface area contributed by atoms with Crippen LogP contribution in [0.3, 0.4) is 0 Å². The third-order valence-electron chi connectivity index (χ3n) is 5.54. The first kappa shape index (κ1) is 19.1. The third kappa shape index (κ3) is 4.29. The minimum Gasteiger partial charge on any atom is -0.355 e. The van der Waals surface area contributed by atoms with Crippen molar-refractivity contribution in [2.75, 3.05) is 29.4 Å². The number of para-hydroxylation sites is 1. The fourth-order valence-electron chi connectivity index (χ4n) is 3.91. The molecule has 148 valence electrons. The molecule has 1 amide bonds. The second-order valence-corrected chi connectivity index (χ2v) is 7.32. The van der Waals surface area contributed by atoms with Gasteiger partial charge in [0, 0.05) is 36.8 Å². The zero-order valence-corrected chi connectivity index (χ0v) is 16.7. The Labute approximate surface area is 172 Å². The first-order chi connectivity index (χ1) is 14.3. The molecule has 1 saturated heterocycles. The number of benzene rings is 2. The lowest BCUT2D eigenvalue weighted by Gasteiger charge is -2.34. The summed E-state index contributed by atoms with van der Waals surface area (Å²) in [5.41, 5.74) is 2.92. The molecular weight excluding hydrogens is 360 g/mol. The van der Waals surface area contributed by atoms with Gasteiger partial charge in [0.2, 0.25) is 5.91 Å². The van der Waals surface area contributed by atoms with E-state index >= 15 is 0 Å². The summed E-state index contributed by atoms with van der Waals surface area (Å²) in [6.07, 6.45) is 1.68. The van der Waals surface area contributed by atoms with Gasteiger partial charge in [-0.1, -0.05) is 48.5 Å². The SMILES string of the molecule is CCN(C(=O)C1CCN(c2ccc(-c3ccccc3)nn2)CC1)c1ccccc1. The highest BCUT2D eigenvalue weighted by Crippen LogP contribution is 2.26. The molecule has 0 spiro atoms. The summed E-state index contributed by atoms with van der Waals surface area (Å²) >= 11 is 0. The average molecular weight is 386 g/mol. The molecule has 0 bridgehead atoms. The Bertz CT molecular complexity index is 920. The van der Waals surface area contributed by atoms with E-state index < -0.39 is 0 Å². The number of amides is 1. The van der Waals surface area contributed by atoms with E-state index in [-0.39, 0.29) is 11.8 Å². The van der Waals surface area contributed by atoms with Gasteiger partial charge < -0.3 is 9.80 Å². The average Bonchev–Trinajstić information content (AvgIpc) is 2.81. The highest BCUT2D eigenvalue weighted by atomic mass is 16.2. The smallest absolute Gasteiger partial charge is 0.230 e. The Hall–Kier alpha value is -3.21. The fourth-order valence-corrected chi connectivity index (χ4v) is 3.91. The number of carbonyl (C=O) groups excluding carboxylic acids is 1. The summed E-state index contributed by atoms with van der Waals surface area (Å²) in [5.74, 6) is 1.16. The van der Waals surface area contributed by atoms with Gasteiger partial charge in [-0.2, -0.15) is 0 Å². The van der Waals surface area contributed by atoms with Gasteiger partial charge in [0.05, 0.1) is 5.69 Å². The van der Waals surface area contributed by atoms with Gasteiger partial charge in [-0.05, 0) is 44.0 Å². The zero-order valence-electron chi connectivity index (χ0n) is 16.7. The second kappa shape index (κ2) is 8.86. The molecule has 0 N–H and O–H groups in total. The highest BCUT2D eigenvalue weighted by molar-refractivity contribution is 5.95. The molecule has 0 atom stereocenters. The predicted molar refractivity (Wildman–Crippen MR) is 117 cm³/mol. The van der Waals surface area contributed by atoms with Crippen LogP contribution in [0.2, 0.25) is 0 Å². The summed E-state index contributed by atoms with van der Waals surface area (Å²) < 4.78 is 0. The van der Waals surface area contributed by atoms with Crippen molar-refractivity contribution in [1.29, 1.82) is 0 Å². The lowest BCUT2D eigenvalue weighted by Crippen LogP contribution is -2.43. The van der Waals surface area contributed by atoms with Crippen LogP contribution in [0.5, 0.6) is 0 Å². The molecule has 29 heavy (non-hydrogen) atoms. The summed E-state index contributed by atoms with van der Waals surface area (Å²) in [4.78, 5) is 17.2. The van der Waals surface area contributed by atoms with Crippen LogP contribution in [0.25, 0.3) is 11.3 Å². The largest absolute Gasteiger partial charge is 0.355 e. The molecule has 1 aromatic heterocycles. The number of aromatic nitrogens is 2. The summed E-state index contributed by atoms with van der Waals surface area (Å²) in [7, 11) is 0. The Morgan fingerprint density at radius 3 is 2.17 bits per heavy atom. The van der Waals surface area contributed by atoms with Gasteiger partial charge in [0.15, 0.2) is 5.82 Å². The van der Waals surface area contributed by atoms with Crippen molar-refractivity contribution in [3.05, 3.63) is 72.8 Å². The number of piperidine rings is 1. The molecule has 2 heterocycles. The van der Waals surface area contributed by atoms with Crippen molar-refractivity contribution in [1.82, 2.24) is 10.2 Å². The van der Waals surface area contributed by atoms with Crippen LogP contribution in [0, 0.1) is 5.92 Å². The normalized spacial score (nSPS) is 14.6. The van der Waals surface area contributed by atoms with Gasteiger partial charge in [-0.3, -0.25) is 4.79 Å². The van der Waals surface area contributed by atoms with Crippen molar-refractivity contribution in [3.8, 4) is 11.3 Å². The number of hydrogen-bond donors (Lipinski definition) is 0. The maximum atomic E-state index is 13.1. The topological polar surface area (TPSA) is 49.3 Å². The van der Waals surface area contributed by atoms with Gasteiger partial charge in [0.25, 0.3) is 0 Å². The van der Waals surface area contributed by atoms with Gasteiger partial charge in [-0.15, -0.1) is 10.2 Å². The Balaban J connectivity index is 1.38. The van der Waals surface area contributed by atoms with E-state index in [0.717, 1.165) is 48.7 Å². The summed E-state index contributed by atoms with van der Waals surface area (Å²) in [6, 6.07) is 24.0. The second-order valence-electron chi connectivity index (χ2n) is 7.32. The minimum atomic E-state index is 0.0583. The van der Waals surface area contributed by atoms with Crippen LogP contribution >= 0.6 is 0 Å². The van der Waals surface area contributed by atoms with E-state index in [4.69, 9.17) is 0 Å². The van der Waals surface area contributed by atoms with Crippen LogP contribution in [-0.4, -0.2) is 35.7 Å². The van der Waals surface area contributed by atoms with E-state index in [1.807, 2.05) is 84.6 Å². The Morgan fingerprint density at radius 2 is 1.59 bits per heavy atom.